The molecular weight excluding hydrogens is 458 g/mol. The van der Waals surface area contributed by atoms with Crippen LogP contribution in [0.5, 0.6) is 0 Å². The average Bonchev–Trinajstić information content (AvgIpc) is 3.22. The Bertz CT molecular complexity index is 1150. The summed E-state index contributed by atoms with van der Waals surface area (Å²) in [5.41, 5.74) is 0.480. The molecule has 2 aromatic rings. The van der Waals surface area contributed by atoms with Crippen LogP contribution in [0.4, 0.5) is 5.69 Å². The van der Waals surface area contributed by atoms with E-state index in [9.17, 15) is 23.3 Å². The number of benzene rings is 1. The van der Waals surface area contributed by atoms with E-state index < -0.39 is 20.9 Å². The standard InChI is InChI=1S/C17H12ClN3O5S3/c1-2-9-20-16(22)13(10-11-3-5-12(6-4-11)21(23)24)27-17(20)19-29(25,26)15-8-7-14(18)28-15/h2-8,10H,1,9H2/b13-10-,19-17+. The van der Waals surface area contributed by atoms with Crippen molar-refractivity contribution in [3.8, 4) is 0 Å². The Balaban J connectivity index is 1.95. The maximum Gasteiger partial charge on any atom is 0.294 e. The summed E-state index contributed by atoms with van der Waals surface area (Å²) in [5.74, 6) is -0.439. The number of hydrogen-bond donors (Lipinski definition) is 0. The zero-order chi connectivity index (χ0) is 21.2. The molecule has 0 bridgehead atoms. The number of nitrogens with zero attached hydrogens (tertiary/aromatic N) is 3. The van der Waals surface area contributed by atoms with Crippen molar-refractivity contribution in [3.05, 3.63) is 74.0 Å². The number of halogens is 1. The van der Waals surface area contributed by atoms with Crippen molar-refractivity contribution in [3.63, 3.8) is 0 Å². The van der Waals surface area contributed by atoms with Crippen molar-refractivity contribution in [2.24, 2.45) is 4.40 Å². The molecule has 3 rings (SSSR count). The summed E-state index contributed by atoms with van der Waals surface area (Å²) in [6.07, 6.45) is 2.97. The van der Waals surface area contributed by atoms with Crippen molar-refractivity contribution in [2.45, 2.75) is 4.21 Å². The van der Waals surface area contributed by atoms with Gasteiger partial charge < -0.3 is 0 Å². The van der Waals surface area contributed by atoms with Gasteiger partial charge in [0.15, 0.2) is 5.17 Å². The van der Waals surface area contributed by atoms with Gasteiger partial charge in [-0.05, 0) is 47.7 Å². The number of non-ortho nitro benzene ring substituents is 1. The SMILES string of the molecule is C=CCN1C(=O)/C(=C/c2ccc([N+](=O)[O-])cc2)S/C1=N/S(=O)(=O)c1ccc(Cl)s1. The number of sulfonamides is 1. The lowest BCUT2D eigenvalue weighted by atomic mass is 10.2. The Morgan fingerprint density at radius 1 is 1.24 bits per heavy atom. The molecule has 1 aromatic carbocycles. The minimum absolute atomic E-state index is 0.00687. The second-order valence-corrected chi connectivity index (χ2v) is 10.1. The van der Waals surface area contributed by atoms with Gasteiger partial charge >= 0.3 is 0 Å². The Morgan fingerprint density at radius 3 is 2.48 bits per heavy atom. The van der Waals surface area contributed by atoms with Crippen LogP contribution in [0.1, 0.15) is 5.56 Å². The molecule has 1 aliphatic rings. The van der Waals surface area contributed by atoms with Crippen LogP contribution in [0.25, 0.3) is 6.08 Å². The van der Waals surface area contributed by atoms with Gasteiger partial charge in [-0.3, -0.25) is 19.8 Å². The van der Waals surface area contributed by atoms with Gasteiger partial charge in [0, 0.05) is 18.7 Å². The van der Waals surface area contributed by atoms with Crippen molar-refractivity contribution < 1.29 is 18.1 Å². The fraction of sp³-hybridized carbons (Fsp3) is 0.0588. The molecule has 0 unspecified atom stereocenters. The first-order valence-corrected chi connectivity index (χ1v) is 11.3. The summed E-state index contributed by atoms with van der Waals surface area (Å²) in [5, 5.41) is 10.7. The quantitative estimate of drug-likeness (QED) is 0.272. The molecule has 150 valence electrons. The molecule has 0 saturated carbocycles. The topological polar surface area (TPSA) is 110 Å². The molecule has 1 amide bonds. The van der Waals surface area contributed by atoms with Crippen molar-refractivity contribution in [2.75, 3.05) is 6.54 Å². The molecule has 1 fully saturated rings. The average molecular weight is 470 g/mol. The summed E-state index contributed by atoms with van der Waals surface area (Å²) >= 11 is 7.57. The van der Waals surface area contributed by atoms with Crippen LogP contribution in [-0.4, -0.2) is 35.9 Å². The lowest BCUT2D eigenvalue weighted by Crippen LogP contribution is -2.29. The molecule has 1 aromatic heterocycles. The Morgan fingerprint density at radius 2 is 1.93 bits per heavy atom. The number of amidine groups is 1. The van der Waals surface area contributed by atoms with E-state index >= 15 is 0 Å². The maximum absolute atomic E-state index is 12.7. The summed E-state index contributed by atoms with van der Waals surface area (Å²) < 4.78 is 29.1. The van der Waals surface area contributed by atoms with E-state index in [1.54, 1.807) is 0 Å². The van der Waals surface area contributed by atoms with Crippen LogP contribution in [-0.2, 0) is 14.8 Å². The molecule has 0 spiro atoms. The van der Waals surface area contributed by atoms with E-state index in [0.717, 1.165) is 23.1 Å². The van der Waals surface area contributed by atoms with Crippen LogP contribution in [0.2, 0.25) is 4.34 Å². The summed E-state index contributed by atoms with van der Waals surface area (Å²) in [4.78, 5) is 24.4. The maximum atomic E-state index is 12.7. The van der Waals surface area contributed by atoms with Gasteiger partial charge in [0.05, 0.1) is 14.2 Å². The highest BCUT2D eigenvalue weighted by molar-refractivity contribution is 8.19. The van der Waals surface area contributed by atoms with Gasteiger partial charge in [0.1, 0.15) is 4.21 Å². The van der Waals surface area contributed by atoms with Crippen LogP contribution >= 0.6 is 34.7 Å². The van der Waals surface area contributed by atoms with E-state index in [0.29, 0.717) is 9.90 Å². The van der Waals surface area contributed by atoms with Crippen molar-refractivity contribution in [1.29, 1.82) is 0 Å². The fourth-order valence-electron chi connectivity index (χ4n) is 2.29. The minimum Gasteiger partial charge on any atom is -0.282 e. The van der Waals surface area contributed by atoms with E-state index in [1.165, 1.54) is 53.5 Å². The number of thioether (sulfide) groups is 1. The van der Waals surface area contributed by atoms with Crippen molar-refractivity contribution >= 4 is 67.6 Å². The molecule has 1 aliphatic heterocycles. The van der Waals surface area contributed by atoms with E-state index in [4.69, 9.17) is 11.6 Å². The summed E-state index contributed by atoms with van der Waals surface area (Å²) in [7, 11) is -4.04. The van der Waals surface area contributed by atoms with Crippen LogP contribution < -0.4 is 0 Å². The highest BCUT2D eigenvalue weighted by Crippen LogP contribution is 2.35. The zero-order valence-corrected chi connectivity index (χ0v) is 17.7. The highest BCUT2D eigenvalue weighted by atomic mass is 35.5. The molecule has 0 atom stereocenters. The lowest BCUT2D eigenvalue weighted by molar-refractivity contribution is -0.384. The largest absolute Gasteiger partial charge is 0.294 e. The molecule has 29 heavy (non-hydrogen) atoms. The predicted molar refractivity (Wildman–Crippen MR) is 115 cm³/mol. The second-order valence-electron chi connectivity index (χ2n) is 5.57. The zero-order valence-electron chi connectivity index (χ0n) is 14.5. The third-order valence-electron chi connectivity index (χ3n) is 3.60. The first-order chi connectivity index (χ1) is 13.7. The van der Waals surface area contributed by atoms with Gasteiger partial charge in [-0.1, -0.05) is 17.7 Å². The number of thiophene rings is 1. The van der Waals surface area contributed by atoms with Gasteiger partial charge in [-0.25, -0.2) is 0 Å². The van der Waals surface area contributed by atoms with Gasteiger partial charge in [-0.2, -0.15) is 8.42 Å². The predicted octanol–water partition coefficient (Wildman–Crippen LogP) is 4.16. The molecule has 0 N–H and O–H groups in total. The molecule has 2 heterocycles. The van der Waals surface area contributed by atoms with Gasteiger partial charge in [-0.15, -0.1) is 22.3 Å². The van der Waals surface area contributed by atoms with Crippen LogP contribution in [0, 0.1) is 10.1 Å². The number of rotatable bonds is 6. The Kier molecular flexibility index (Phi) is 6.22. The first-order valence-electron chi connectivity index (χ1n) is 7.88. The highest BCUT2D eigenvalue weighted by Gasteiger charge is 2.34. The Hall–Kier alpha value is -2.47. The number of amides is 1. The van der Waals surface area contributed by atoms with Crippen molar-refractivity contribution in [1.82, 2.24) is 4.90 Å². The molecule has 0 aliphatic carbocycles. The van der Waals surface area contributed by atoms with E-state index in [2.05, 4.69) is 11.0 Å². The van der Waals surface area contributed by atoms with Crippen LogP contribution in [0.15, 0.2) is 62.6 Å². The fourth-order valence-corrected chi connectivity index (χ4v) is 5.94. The van der Waals surface area contributed by atoms with E-state index in [-0.39, 0.29) is 26.5 Å². The third-order valence-corrected chi connectivity index (χ3v) is 7.69. The third kappa shape index (κ3) is 4.75. The Labute approximate surface area is 179 Å². The number of nitro groups is 1. The van der Waals surface area contributed by atoms with Gasteiger partial charge in [0.2, 0.25) is 0 Å². The lowest BCUT2D eigenvalue weighted by Gasteiger charge is -2.12. The summed E-state index contributed by atoms with van der Waals surface area (Å²) in [6, 6.07) is 8.43. The second kappa shape index (κ2) is 8.49. The first kappa shape index (κ1) is 21.2. The smallest absolute Gasteiger partial charge is 0.282 e. The molecule has 0 radical (unpaired) electrons. The number of carbonyl (C=O) groups excluding carboxylic acids is 1. The monoisotopic (exact) mass is 469 g/mol. The molecule has 12 heteroatoms. The number of hydrogen-bond acceptors (Lipinski definition) is 7. The molecule has 8 nitrogen and oxygen atoms in total. The van der Waals surface area contributed by atoms with Crippen LogP contribution in [0.3, 0.4) is 0 Å². The number of carbonyl (C=O) groups is 1. The summed E-state index contributed by atoms with van der Waals surface area (Å²) in [6.45, 7) is 3.65. The van der Waals surface area contributed by atoms with E-state index in [1.807, 2.05) is 0 Å². The minimum atomic E-state index is -4.04. The molecular formula is C17H12ClN3O5S3. The normalized spacial score (nSPS) is 17.3. The number of nitro benzene ring substituents is 1. The molecule has 1 saturated heterocycles. The van der Waals surface area contributed by atoms with Gasteiger partial charge in [0.25, 0.3) is 21.6 Å².